The van der Waals surface area contributed by atoms with E-state index in [-0.39, 0.29) is 12.5 Å². The van der Waals surface area contributed by atoms with Gasteiger partial charge in [-0.2, -0.15) is 0 Å². The van der Waals surface area contributed by atoms with Gasteiger partial charge in [0.15, 0.2) is 0 Å². The molecule has 148 valence electrons. The molecule has 4 nitrogen and oxygen atoms in total. The van der Waals surface area contributed by atoms with Gasteiger partial charge >= 0.3 is 5.97 Å². The van der Waals surface area contributed by atoms with Crippen molar-refractivity contribution in [2.24, 2.45) is 11.8 Å². The standard InChI is InChI=1S/C22H36O4/c1-2-3-6-9-18(23)13-12-17-16-19-14-15-21(26-19)20(17)10-7-4-5-8-11-22(24)25/h4,7,12-13,17-21,23H,2-3,5-6,8-11,14-16H2,1H3,(H,24,25)/b7-4-,13-12+/t17?,18?,19-,20+,21+/m0/s1. The molecule has 5 atom stereocenters. The van der Waals surface area contributed by atoms with Crippen molar-refractivity contribution in [3.05, 3.63) is 24.3 Å². The predicted molar refractivity (Wildman–Crippen MR) is 104 cm³/mol. The number of aliphatic carboxylic acids is 1. The summed E-state index contributed by atoms with van der Waals surface area (Å²) in [5.41, 5.74) is 0. The summed E-state index contributed by atoms with van der Waals surface area (Å²) in [5, 5.41) is 18.9. The first-order valence-corrected chi connectivity index (χ1v) is 10.5. The molecule has 2 aliphatic heterocycles. The van der Waals surface area contributed by atoms with Gasteiger partial charge in [0.1, 0.15) is 0 Å². The molecule has 2 aliphatic rings. The largest absolute Gasteiger partial charge is 0.481 e. The predicted octanol–water partition coefficient (Wildman–Crippen LogP) is 4.87. The highest BCUT2D eigenvalue weighted by Gasteiger charge is 2.41. The fourth-order valence-corrected chi connectivity index (χ4v) is 4.24. The Morgan fingerprint density at radius 2 is 2.08 bits per heavy atom. The van der Waals surface area contributed by atoms with Crippen LogP contribution in [-0.4, -0.2) is 34.5 Å². The third-order valence-electron chi connectivity index (χ3n) is 5.72. The zero-order valence-corrected chi connectivity index (χ0v) is 16.2. The maximum atomic E-state index is 10.5. The van der Waals surface area contributed by atoms with E-state index >= 15 is 0 Å². The number of allylic oxidation sites excluding steroid dienone is 3. The van der Waals surface area contributed by atoms with Crippen LogP contribution in [0.25, 0.3) is 0 Å². The molecule has 0 radical (unpaired) electrons. The molecule has 2 saturated heterocycles. The van der Waals surface area contributed by atoms with Gasteiger partial charge in [-0.15, -0.1) is 0 Å². The maximum Gasteiger partial charge on any atom is 0.303 e. The normalized spacial score (nSPS) is 29.6. The third-order valence-corrected chi connectivity index (χ3v) is 5.72. The molecule has 26 heavy (non-hydrogen) atoms. The molecular formula is C22H36O4. The number of aliphatic hydroxyl groups is 1. The minimum absolute atomic E-state index is 0.239. The summed E-state index contributed by atoms with van der Waals surface area (Å²) in [7, 11) is 0. The van der Waals surface area contributed by atoms with Gasteiger partial charge in [0.2, 0.25) is 0 Å². The molecule has 0 aliphatic carbocycles. The van der Waals surface area contributed by atoms with E-state index in [1.165, 1.54) is 12.8 Å². The minimum atomic E-state index is -0.723. The van der Waals surface area contributed by atoms with Gasteiger partial charge in [0, 0.05) is 6.42 Å². The molecule has 0 amide bonds. The number of rotatable bonds is 12. The van der Waals surface area contributed by atoms with Gasteiger partial charge in [0.25, 0.3) is 0 Å². The molecule has 2 fully saturated rings. The number of ether oxygens (including phenoxy) is 1. The number of hydrogen-bond acceptors (Lipinski definition) is 3. The summed E-state index contributed by atoms with van der Waals surface area (Å²) in [4.78, 5) is 10.5. The number of carboxylic acids is 1. The Bertz CT molecular complexity index is 471. The first kappa shape index (κ1) is 21.2. The Labute approximate surface area is 158 Å². The minimum Gasteiger partial charge on any atom is -0.481 e. The molecule has 0 spiro atoms. The highest BCUT2D eigenvalue weighted by atomic mass is 16.5. The number of carboxylic acid groups (broad SMARTS) is 1. The van der Waals surface area contributed by atoms with Crippen LogP contribution in [0.5, 0.6) is 0 Å². The van der Waals surface area contributed by atoms with Crippen LogP contribution in [0, 0.1) is 11.8 Å². The lowest BCUT2D eigenvalue weighted by atomic mass is 9.81. The number of aliphatic hydroxyl groups excluding tert-OH is 1. The molecule has 2 N–H and O–H groups in total. The SMILES string of the molecule is CCCCCC(O)/C=C/C1C[C@@H]2CC[C@@H](O2)[C@@H]1C/C=C\CCCC(=O)O. The molecule has 4 heteroatoms. The lowest BCUT2D eigenvalue weighted by molar-refractivity contribution is -0.137. The van der Waals surface area contributed by atoms with Crippen LogP contribution in [0.2, 0.25) is 0 Å². The van der Waals surface area contributed by atoms with E-state index < -0.39 is 5.97 Å². The highest BCUT2D eigenvalue weighted by molar-refractivity contribution is 5.66. The molecule has 2 bridgehead atoms. The number of fused-ring (bicyclic) bond motifs is 2. The highest BCUT2D eigenvalue weighted by Crippen LogP contribution is 2.42. The quantitative estimate of drug-likeness (QED) is 0.383. The lowest BCUT2D eigenvalue weighted by Crippen LogP contribution is -2.34. The van der Waals surface area contributed by atoms with Gasteiger partial charge in [0.05, 0.1) is 18.3 Å². The topological polar surface area (TPSA) is 66.8 Å². The van der Waals surface area contributed by atoms with E-state index in [9.17, 15) is 9.90 Å². The molecule has 2 unspecified atom stereocenters. The Morgan fingerprint density at radius 3 is 2.85 bits per heavy atom. The zero-order chi connectivity index (χ0) is 18.8. The van der Waals surface area contributed by atoms with Crippen LogP contribution in [0.1, 0.15) is 77.6 Å². The van der Waals surface area contributed by atoms with Crippen molar-refractivity contribution in [1.29, 1.82) is 0 Å². The second-order valence-corrected chi connectivity index (χ2v) is 7.88. The average molecular weight is 365 g/mol. The van der Waals surface area contributed by atoms with Gasteiger partial charge in [-0.3, -0.25) is 4.79 Å². The Morgan fingerprint density at radius 1 is 1.23 bits per heavy atom. The van der Waals surface area contributed by atoms with Gasteiger partial charge in [-0.05, 0) is 56.8 Å². The van der Waals surface area contributed by atoms with Crippen LogP contribution in [0.4, 0.5) is 0 Å². The number of hydrogen-bond donors (Lipinski definition) is 2. The van der Waals surface area contributed by atoms with Crippen LogP contribution < -0.4 is 0 Å². The zero-order valence-electron chi connectivity index (χ0n) is 16.2. The van der Waals surface area contributed by atoms with Crippen molar-refractivity contribution < 1.29 is 19.7 Å². The summed E-state index contributed by atoms with van der Waals surface area (Å²) in [5.74, 6) is 0.230. The fourth-order valence-electron chi connectivity index (χ4n) is 4.24. The molecule has 2 heterocycles. The molecule has 0 saturated carbocycles. The van der Waals surface area contributed by atoms with Crippen molar-refractivity contribution in [1.82, 2.24) is 0 Å². The Hall–Kier alpha value is -1.13. The van der Waals surface area contributed by atoms with E-state index in [1.54, 1.807) is 0 Å². The third kappa shape index (κ3) is 7.24. The van der Waals surface area contributed by atoms with E-state index in [4.69, 9.17) is 9.84 Å². The Kier molecular flexibility index (Phi) is 9.41. The average Bonchev–Trinajstić information content (AvgIpc) is 3.00. The molecule has 0 aromatic carbocycles. The van der Waals surface area contributed by atoms with Crippen LogP contribution >= 0.6 is 0 Å². The summed E-state index contributed by atoms with van der Waals surface area (Å²) in [6, 6.07) is 0. The summed E-state index contributed by atoms with van der Waals surface area (Å²) in [6.07, 6.45) is 19.4. The van der Waals surface area contributed by atoms with E-state index in [0.29, 0.717) is 30.5 Å². The molecule has 2 rings (SSSR count). The monoisotopic (exact) mass is 364 g/mol. The number of carbonyl (C=O) groups is 1. The van der Waals surface area contributed by atoms with E-state index in [1.807, 2.05) is 6.08 Å². The van der Waals surface area contributed by atoms with Gasteiger partial charge < -0.3 is 14.9 Å². The Balaban J connectivity index is 1.82. The van der Waals surface area contributed by atoms with Crippen molar-refractivity contribution in [3.8, 4) is 0 Å². The second-order valence-electron chi connectivity index (χ2n) is 7.88. The van der Waals surface area contributed by atoms with Crippen molar-refractivity contribution in [2.45, 2.75) is 95.9 Å². The molecule has 0 aromatic heterocycles. The first-order valence-electron chi connectivity index (χ1n) is 10.5. The molecular weight excluding hydrogens is 328 g/mol. The van der Waals surface area contributed by atoms with Crippen molar-refractivity contribution in [3.63, 3.8) is 0 Å². The second kappa shape index (κ2) is 11.6. The fraction of sp³-hybridized carbons (Fsp3) is 0.773. The van der Waals surface area contributed by atoms with Crippen LogP contribution in [0.15, 0.2) is 24.3 Å². The van der Waals surface area contributed by atoms with Crippen molar-refractivity contribution in [2.75, 3.05) is 0 Å². The summed E-state index contributed by atoms with van der Waals surface area (Å²) < 4.78 is 6.13. The van der Waals surface area contributed by atoms with E-state index in [0.717, 1.165) is 44.9 Å². The summed E-state index contributed by atoms with van der Waals surface area (Å²) >= 11 is 0. The van der Waals surface area contributed by atoms with Crippen LogP contribution in [0.3, 0.4) is 0 Å². The van der Waals surface area contributed by atoms with Crippen molar-refractivity contribution >= 4 is 5.97 Å². The molecule has 0 aromatic rings. The van der Waals surface area contributed by atoms with Gasteiger partial charge in [-0.25, -0.2) is 0 Å². The van der Waals surface area contributed by atoms with Crippen LogP contribution in [-0.2, 0) is 9.53 Å². The van der Waals surface area contributed by atoms with E-state index in [2.05, 4.69) is 25.2 Å². The smallest absolute Gasteiger partial charge is 0.303 e. The first-order chi connectivity index (χ1) is 12.6. The maximum absolute atomic E-state index is 10.5. The van der Waals surface area contributed by atoms with Gasteiger partial charge in [-0.1, -0.05) is 50.5 Å². The lowest BCUT2D eigenvalue weighted by Gasteiger charge is -2.35. The summed E-state index contributed by atoms with van der Waals surface area (Å²) in [6.45, 7) is 2.18. The number of unbranched alkanes of at least 4 members (excludes halogenated alkanes) is 3.